The molecule has 1 aromatic carbocycles. The zero-order valence-electron chi connectivity index (χ0n) is 10.8. The van der Waals surface area contributed by atoms with Crippen molar-refractivity contribution in [2.24, 2.45) is 5.92 Å². The second-order valence-corrected chi connectivity index (χ2v) is 5.16. The molecule has 0 radical (unpaired) electrons. The summed E-state index contributed by atoms with van der Waals surface area (Å²) in [5.74, 6) is 0.324. The highest BCUT2D eigenvalue weighted by atomic mass is 35.5. The van der Waals surface area contributed by atoms with Gasteiger partial charge >= 0.3 is 0 Å². The standard InChI is InChI=1S/C14H21ClFN/c1-4-17-14(8-5-10(2)3)11-6-7-12(15)13(16)9-11/h6-7,9-10,14,17H,4-5,8H2,1-3H3. The largest absolute Gasteiger partial charge is 0.310 e. The van der Waals surface area contributed by atoms with Crippen molar-refractivity contribution < 1.29 is 4.39 Å². The van der Waals surface area contributed by atoms with Gasteiger partial charge in [-0.1, -0.05) is 38.4 Å². The van der Waals surface area contributed by atoms with Gasteiger partial charge in [-0.25, -0.2) is 4.39 Å². The minimum absolute atomic E-state index is 0.188. The minimum atomic E-state index is -0.336. The molecule has 1 rings (SSSR count). The zero-order chi connectivity index (χ0) is 12.8. The molecule has 3 heteroatoms. The average Bonchev–Trinajstić information content (AvgIpc) is 2.28. The second-order valence-electron chi connectivity index (χ2n) is 4.76. The van der Waals surface area contributed by atoms with E-state index in [0.717, 1.165) is 24.9 Å². The highest BCUT2D eigenvalue weighted by molar-refractivity contribution is 6.30. The smallest absolute Gasteiger partial charge is 0.142 e. The fourth-order valence-corrected chi connectivity index (χ4v) is 1.98. The first-order chi connectivity index (χ1) is 8.04. The number of benzene rings is 1. The van der Waals surface area contributed by atoms with Crippen LogP contribution in [0.3, 0.4) is 0 Å². The van der Waals surface area contributed by atoms with Crippen LogP contribution in [0.2, 0.25) is 5.02 Å². The summed E-state index contributed by atoms with van der Waals surface area (Å²) in [7, 11) is 0. The van der Waals surface area contributed by atoms with Crippen molar-refractivity contribution in [2.75, 3.05) is 6.54 Å². The van der Waals surface area contributed by atoms with Crippen LogP contribution in [0.4, 0.5) is 4.39 Å². The molecule has 1 atom stereocenters. The van der Waals surface area contributed by atoms with Gasteiger partial charge in [0.05, 0.1) is 5.02 Å². The van der Waals surface area contributed by atoms with Crippen LogP contribution in [-0.2, 0) is 0 Å². The van der Waals surface area contributed by atoms with Crippen LogP contribution >= 0.6 is 11.6 Å². The molecular weight excluding hydrogens is 237 g/mol. The molecule has 0 spiro atoms. The van der Waals surface area contributed by atoms with E-state index in [-0.39, 0.29) is 16.9 Å². The van der Waals surface area contributed by atoms with Crippen molar-refractivity contribution in [2.45, 2.75) is 39.7 Å². The third kappa shape index (κ3) is 4.64. The lowest BCUT2D eigenvalue weighted by molar-refractivity contribution is 0.447. The lowest BCUT2D eigenvalue weighted by Crippen LogP contribution is -2.21. The third-order valence-corrected chi connectivity index (χ3v) is 3.14. The van der Waals surface area contributed by atoms with Gasteiger partial charge in [0.25, 0.3) is 0 Å². The van der Waals surface area contributed by atoms with E-state index in [4.69, 9.17) is 11.6 Å². The summed E-state index contributed by atoms with van der Waals surface area (Å²) in [5, 5.41) is 3.58. The summed E-state index contributed by atoms with van der Waals surface area (Å²) in [6, 6.07) is 5.29. The summed E-state index contributed by atoms with van der Waals surface area (Å²) in [4.78, 5) is 0. The lowest BCUT2D eigenvalue weighted by atomic mass is 9.97. The Bertz CT molecular complexity index is 352. The van der Waals surface area contributed by atoms with Crippen LogP contribution in [-0.4, -0.2) is 6.54 Å². The quantitative estimate of drug-likeness (QED) is 0.787. The highest BCUT2D eigenvalue weighted by Crippen LogP contribution is 2.24. The molecule has 1 nitrogen and oxygen atoms in total. The zero-order valence-corrected chi connectivity index (χ0v) is 11.5. The highest BCUT2D eigenvalue weighted by Gasteiger charge is 2.12. The first kappa shape index (κ1) is 14.5. The number of rotatable bonds is 6. The molecule has 0 aliphatic rings. The Hall–Kier alpha value is -0.600. The predicted molar refractivity (Wildman–Crippen MR) is 71.9 cm³/mol. The number of hydrogen-bond donors (Lipinski definition) is 1. The number of halogens is 2. The topological polar surface area (TPSA) is 12.0 Å². The predicted octanol–water partition coefficient (Wildman–Crippen LogP) is 4.57. The normalized spacial score (nSPS) is 13.1. The van der Waals surface area contributed by atoms with Crippen LogP contribution in [0, 0.1) is 11.7 Å². The number of nitrogens with one attached hydrogen (secondary N) is 1. The van der Waals surface area contributed by atoms with Gasteiger partial charge in [0.15, 0.2) is 0 Å². The van der Waals surface area contributed by atoms with Crippen molar-refractivity contribution in [3.8, 4) is 0 Å². The van der Waals surface area contributed by atoms with Gasteiger partial charge in [0, 0.05) is 6.04 Å². The molecule has 17 heavy (non-hydrogen) atoms. The Morgan fingerprint density at radius 1 is 1.29 bits per heavy atom. The van der Waals surface area contributed by atoms with Crippen LogP contribution in [0.1, 0.15) is 45.2 Å². The molecule has 1 N–H and O–H groups in total. The van der Waals surface area contributed by atoms with E-state index in [9.17, 15) is 4.39 Å². The Labute approximate surface area is 108 Å². The molecule has 0 saturated carbocycles. The van der Waals surface area contributed by atoms with Gasteiger partial charge in [-0.05, 0) is 43.0 Å². The van der Waals surface area contributed by atoms with Crippen molar-refractivity contribution >= 4 is 11.6 Å². The van der Waals surface area contributed by atoms with Gasteiger partial charge in [-0.2, -0.15) is 0 Å². The first-order valence-electron chi connectivity index (χ1n) is 6.23. The van der Waals surface area contributed by atoms with Gasteiger partial charge in [-0.15, -0.1) is 0 Å². The van der Waals surface area contributed by atoms with E-state index >= 15 is 0 Å². The summed E-state index contributed by atoms with van der Waals surface area (Å²) in [5.41, 5.74) is 0.981. The molecule has 0 saturated heterocycles. The Morgan fingerprint density at radius 2 is 2.00 bits per heavy atom. The van der Waals surface area contributed by atoms with Gasteiger partial charge in [0.2, 0.25) is 0 Å². The summed E-state index contributed by atoms with van der Waals surface area (Å²) in [6.45, 7) is 7.35. The van der Waals surface area contributed by atoms with E-state index < -0.39 is 0 Å². The molecule has 0 bridgehead atoms. The Balaban J connectivity index is 2.77. The Kier molecular flexibility index (Phi) is 5.93. The first-order valence-corrected chi connectivity index (χ1v) is 6.60. The van der Waals surface area contributed by atoms with E-state index in [1.807, 2.05) is 6.07 Å². The molecule has 1 unspecified atom stereocenters. The molecule has 0 heterocycles. The maximum atomic E-state index is 13.4. The van der Waals surface area contributed by atoms with E-state index in [2.05, 4.69) is 26.1 Å². The fourth-order valence-electron chi connectivity index (χ4n) is 1.86. The van der Waals surface area contributed by atoms with E-state index in [1.54, 1.807) is 6.07 Å². The van der Waals surface area contributed by atoms with Crippen LogP contribution in [0.25, 0.3) is 0 Å². The number of hydrogen-bond acceptors (Lipinski definition) is 1. The van der Waals surface area contributed by atoms with Crippen LogP contribution in [0.15, 0.2) is 18.2 Å². The van der Waals surface area contributed by atoms with Crippen molar-refractivity contribution in [3.05, 3.63) is 34.6 Å². The summed E-state index contributed by atoms with van der Waals surface area (Å²) >= 11 is 5.69. The van der Waals surface area contributed by atoms with Gasteiger partial charge in [-0.3, -0.25) is 0 Å². The molecule has 0 aromatic heterocycles. The molecule has 0 aliphatic carbocycles. The van der Waals surface area contributed by atoms with Crippen molar-refractivity contribution in [1.82, 2.24) is 5.32 Å². The molecule has 1 aromatic rings. The van der Waals surface area contributed by atoms with Crippen LogP contribution < -0.4 is 5.32 Å². The molecular formula is C14H21ClFN. The van der Waals surface area contributed by atoms with E-state index in [0.29, 0.717) is 5.92 Å². The molecule has 0 fully saturated rings. The second kappa shape index (κ2) is 6.97. The van der Waals surface area contributed by atoms with Gasteiger partial charge < -0.3 is 5.32 Å². The third-order valence-electron chi connectivity index (χ3n) is 2.83. The van der Waals surface area contributed by atoms with Crippen LogP contribution in [0.5, 0.6) is 0 Å². The SMILES string of the molecule is CCNC(CCC(C)C)c1ccc(Cl)c(F)c1. The lowest BCUT2D eigenvalue weighted by Gasteiger charge is -2.19. The average molecular weight is 258 g/mol. The van der Waals surface area contributed by atoms with Gasteiger partial charge in [0.1, 0.15) is 5.82 Å². The summed E-state index contributed by atoms with van der Waals surface area (Å²) in [6.07, 6.45) is 2.15. The molecule has 0 amide bonds. The molecule has 0 aliphatic heterocycles. The van der Waals surface area contributed by atoms with Crippen molar-refractivity contribution in [1.29, 1.82) is 0 Å². The Morgan fingerprint density at radius 3 is 2.53 bits per heavy atom. The van der Waals surface area contributed by atoms with E-state index in [1.165, 1.54) is 6.07 Å². The summed E-state index contributed by atoms with van der Waals surface area (Å²) < 4.78 is 13.4. The molecule has 96 valence electrons. The minimum Gasteiger partial charge on any atom is -0.310 e. The maximum Gasteiger partial charge on any atom is 0.142 e. The van der Waals surface area contributed by atoms with Crippen molar-refractivity contribution in [3.63, 3.8) is 0 Å². The monoisotopic (exact) mass is 257 g/mol. The maximum absolute atomic E-state index is 13.4. The fraction of sp³-hybridized carbons (Fsp3) is 0.571.